The van der Waals surface area contributed by atoms with Crippen molar-refractivity contribution in [2.75, 3.05) is 20.8 Å². The maximum Gasteiger partial charge on any atom is 0.316 e. The molecule has 6 heterocycles. The summed E-state index contributed by atoms with van der Waals surface area (Å²) in [5, 5.41) is 32.8. The van der Waals surface area contributed by atoms with Gasteiger partial charge in [0.15, 0.2) is 24.5 Å². The summed E-state index contributed by atoms with van der Waals surface area (Å²) in [6.07, 6.45) is 12.3. The predicted octanol–water partition coefficient (Wildman–Crippen LogP) is 6.72. The summed E-state index contributed by atoms with van der Waals surface area (Å²) in [6.45, 7) is 11.6. The number of methoxy groups -OCH3 is 2. The van der Waals surface area contributed by atoms with Gasteiger partial charge in [0.1, 0.15) is 35.9 Å². The highest BCUT2D eigenvalue weighted by Crippen LogP contribution is 2.48. The molecule has 2 aliphatic carbocycles. The van der Waals surface area contributed by atoms with Gasteiger partial charge in [-0.1, -0.05) is 69.6 Å². The number of aliphatic hydroxyl groups is 2. The average Bonchev–Trinajstić information content (AvgIpc) is 3.68. The minimum absolute atomic E-state index is 0.0640. The second kappa shape index (κ2) is 23.7. The molecule has 0 radical (unpaired) electrons. The van der Waals surface area contributed by atoms with E-state index in [0.29, 0.717) is 42.7 Å². The number of ether oxygens (including phenoxy) is 11. The van der Waals surface area contributed by atoms with Crippen LogP contribution in [-0.4, -0.2) is 151 Å². The zero-order chi connectivity index (χ0) is 51.5. The minimum atomic E-state index is -1.98. The average molecular weight is 1010 g/mol. The molecule has 3 N–H and O–H groups in total. The van der Waals surface area contributed by atoms with E-state index in [0.717, 1.165) is 31.3 Å². The molecule has 6 aliphatic heterocycles. The third-order valence-electron chi connectivity index (χ3n) is 16.4. The first-order valence-corrected chi connectivity index (χ1v) is 26.5. The summed E-state index contributed by atoms with van der Waals surface area (Å²) >= 11 is 0. The van der Waals surface area contributed by atoms with Crippen molar-refractivity contribution in [3.63, 3.8) is 0 Å². The maximum absolute atomic E-state index is 14.8. The highest BCUT2D eigenvalue weighted by molar-refractivity contribution is 5.79. The standard InChI is InChI=1S/C55H80O17/c1-30-14-12-17-37-29-64-52-50(68-44(58)19-13-18-43(56)57)33(4)24-40(55(37,52)61)53(60)67-39-25-38(71-54(28-39)23-22-32(3)49(72-54)36-15-10-9-11-16-36)21-20-31(2)48(30)69-46-27-42(63-8)51(35(6)66-46)70-45-26-41(62-7)47(59)34(5)65-45/h12,14,17,20,22-24,30,32,34-36,38-42,45-52,59,61H,9-11,13,15-16,18-19,21,25-29H2,1-8H3,(H,56,57)/b14-12+,31-20+,37-17+/t30-,32-,34-,35-,38+,39?,40-,41-,42-,45-,46-,47-,48-,49-,50+,51-,52+,54+,55+/m0/s1. The quantitative estimate of drug-likeness (QED) is 0.137. The maximum atomic E-state index is 14.8. The lowest BCUT2D eigenvalue weighted by molar-refractivity contribution is -0.318. The number of carbonyl (C=O) groups is 3. The van der Waals surface area contributed by atoms with Gasteiger partial charge in [0, 0.05) is 64.6 Å². The molecule has 17 heteroatoms. The molecule has 0 aromatic rings. The lowest BCUT2D eigenvalue weighted by atomic mass is 9.70. The van der Waals surface area contributed by atoms with Crippen LogP contribution >= 0.6 is 0 Å². The Morgan fingerprint density at radius 1 is 0.833 bits per heavy atom. The minimum Gasteiger partial charge on any atom is -0.481 e. The molecule has 0 aromatic heterocycles. The fourth-order valence-electron chi connectivity index (χ4n) is 12.4. The Morgan fingerprint density at radius 2 is 1.56 bits per heavy atom. The normalized spacial score (nSPS) is 44.9. The molecule has 1 unspecified atom stereocenters. The fourth-order valence-corrected chi connectivity index (χ4v) is 12.4. The lowest BCUT2D eigenvalue weighted by Gasteiger charge is -2.49. The topological polar surface area (TPSA) is 213 Å². The molecule has 1 spiro atoms. The van der Waals surface area contributed by atoms with Gasteiger partial charge in [0.25, 0.3) is 0 Å². The number of esters is 2. The number of carboxylic acid groups (broad SMARTS) is 1. The van der Waals surface area contributed by atoms with Crippen molar-refractivity contribution in [3.8, 4) is 0 Å². The SMILES string of the molecule is CO[C@H]1C[C@H](O[C@H]2[C@H](C)O[C@@H](O[C@@H]3/C(C)=C/C[C@@H]4CC(C[C@]5(C=C[C@H](C)[C@@H](C6CCCCC6)O5)O4)OC(=O)[C@@H]4C=C(C)[C@@H](OC(=O)CCCC(=O)O)[C@H]5OC/C(=C\C=C\[C@@H]3C)[C@]54O)C[C@@H]2OC)O[C@@H](C)[C@@H]1O. The van der Waals surface area contributed by atoms with Crippen molar-refractivity contribution >= 4 is 17.9 Å². The Hall–Kier alpha value is -3.33. The fraction of sp³-hybridized carbons (Fsp3) is 0.764. The van der Waals surface area contributed by atoms with Gasteiger partial charge in [0.2, 0.25) is 0 Å². The van der Waals surface area contributed by atoms with Crippen LogP contribution in [-0.2, 0) is 66.5 Å². The summed E-state index contributed by atoms with van der Waals surface area (Å²) in [4.78, 5) is 39.1. The first-order chi connectivity index (χ1) is 34.4. The number of aliphatic carboxylic acids is 1. The van der Waals surface area contributed by atoms with Gasteiger partial charge in [-0.2, -0.15) is 0 Å². The van der Waals surface area contributed by atoms with Crippen molar-refractivity contribution in [3.05, 3.63) is 59.3 Å². The second-order valence-corrected chi connectivity index (χ2v) is 21.7. The molecule has 5 fully saturated rings. The van der Waals surface area contributed by atoms with E-state index in [2.05, 4.69) is 19.1 Å². The van der Waals surface area contributed by atoms with E-state index in [1.54, 1.807) is 40.2 Å². The van der Waals surface area contributed by atoms with Crippen LogP contribution in [0.3, 0.4) is 0 Å². The summed E-state index contributed by atoms with van der Waals surface area (Å²) in [5.41, 5.74) is -0.143. The molecule has 8 aliphatic rings. The Kier molecular flexibility index (Phi) is 18.1. The van der Waals surface area contributed by atoms with Gasteiger partial charge in [-0.15, -0.1) is 0 Å². The van der Waals surface area contributed by atoms with E-state index in [1.807, 2.05) is 39.0 Å². The number of fused-ring (bicyclic) bond motifs is 2. The van der Waals surface area contributed by atoms with Crippen LogP contribution in [0.1, 0.15) is 125 Å². The molecule has 0 amide bonds. The molecule has 4 saturated heterocycles. The molecule has 72 heavy (non-hydrogen) atoms. The van der Waals surface area contributed by atoms with Crippen LogP contribution in [0.4, 0.5) is 0 Å². The highest BCUT2D eigenvalue weighted by Gasteiger charge is 2.61. The highest BCUT2D eigenvalue weighted by atomic mass is 16.7. The lowest BCUT2D eigenvalue weighted by Crippen LogP contribution is -2.59. The van der Waals surface area contributed by atoms with Crippen LogP contribution < -0.4 is 0 Å². The van der Waals surface area contributed by atoms with Gasteiger partial charge in [0.05, 0.1) is 49.3 Å². The van der Waals surface area contributed by atoms with E-state index in [9.17, 15) is 24.6 Å². The number of allylic oxidation sites excluding steroid dienone is 2. The smallest absolute Gasteiger partial charge is 0.316 e. The van der Waals surface area contributed by atoms with Crippen molar-refractivity contribution in [2.45, 2.75) is 222 Å². The van der Waals surface area contributed by atoms with E-state index >= 15 is 0 Å². The van der Waals surface area contributed by atoms with E-state index < -0.39 is 115 Å². The first kappa shape index (κ1) is 54.9. The number of rotatable bonds is 12. The van der Waals surface area contributed by atoms with Crippen molar-refractivity contribution in [1.82, 2.24) is 0 Å². The van der Waals surface area contributed by atoms with E-state index in [4.69, 9.17) is 57.2 Å². The monoisotopic (exact) mass is 1010 g/mol. The van der Waals surface area contributed by atoms with Crippen LogP contribution in [0.25, 0.3) is 0 Å². The Labute approximate surface area is 424 Å². The summed E-state index contributed by atoms with van der Waals surface area (Å²) in [7, 11) is 3.20. The van der Waals surface area contributed by atoms with Gasteiger partial charge in [-0.3, -0.25) is 14.4 Å². The Bertz CT molecular complexity index is 2060. The summed E-state index contributed by atoms with van der Waals surface area (Å²) in [6, 6.07) is 0. The molecule has 8 rings (SSSR count). The first-order valence-electron chi connectivity index (χ1n) is 26.5. The number of aliphatic hydroxyl groups excluding tert-OH is 1. The van der Waals surface area contributed by atoms with Crippen molar-refractivity contribution < 1.29 is 81.8 Å². The largest absolute Gasteiger partial charge is 0.481 e. The predicted molar refractivity (Wildman–Crippen MR) is 260 cm³/mol. The van der Waals surface area contributed by atoms with Gasteiger partial charge in [-0.25, -0.2) is 0 Å². The van der Waals surface area contributed by atoms with Crippen LogP contribution in [0.5, 0.6) is 0 Å². The van der Waals surface area contributed by atoms with E-state index in [1.165, 1.54) is 6.42 Å². The third kappa shape index (κ3) is 12.2. The van der Waals surface area contributed by atoms with Crippen molar-refractivity contribution in [2.24, 2.45) is 23.7 Å². The molecule has 402 valence electrons. The van der Waals surface area contributed by atoms with Gasteiger partial charge >= 0.3 is 17.9 Å². The van der Waals surface area contributed by atoms with Gasteiger partial charge < -0.3 is 67.4 Å². The van der Waals surface area contributed by atoms with E-state index in [-0.39, 0.29) is 50.2 Å². The van der Waals surface area contributed by atoms with Gasteiger partial charge in [-0.05, 0) is 82.1 Å². The van der Waals surface area contributed by atoms with Crippen LogP contribution in [0, 0.1) is 23.7 Å². The molecule has 2 bridgehead atoms. The number of hydrogen-bond donors (Lipinski definition) is 3. The molecular formula is C55H80O17. The zero-order valence-electron chi connectivity index (χ0n) is 43.4. The van der Waals surface area contributed by atoms with Crippen LogP contribution in [0.2, 0.25) is 0 Å². The summed E-state index contributed by atoms with van der Waals surface area (Å²) in [5.74, 6) is -4.41. The molecular weight excluding hydrogens is 933 g/mol. The summed E-state index contributed by atoms with van der Waals surface area (Å²) < 4.78 is 70.5. The van der Waals surface area contributed by atoms with Crippen LogP contribution in [0.15, 0.2) is 59.3 Å². The zero-order valence-corrected chi connectivity index (χ0v) is 43.4. The Morgan fingerprint density at radius 3 is 2.29 bits per heavy atom. The third-order valence-corrected chi connectivity index (χ3v) is 16.4. The molecule has 0 aromatic carbocycles. The Balaban J connectivity index is 1.10. The molecule has 1 saturated carbocycles. The number of carbonyl (C=O) groups excluding carboxylic acids is 2. The second-order valence-electron chi connectivity index (χ2n) is 21.7. The van der Waals surface area contributed by atoms with Crippen molar-refractivity contribution in [1.29, 1.82) is 0 Å². The molecule has 19 atom stereocenters. The number of hydrogen-bond acceptors (Lipinski definition) is 16. The molecule has 17 nitrogen and oxygen atoms in total. The number of carboxylic acids is 1.